The Hall–Kier alpha value is 0.190. The van der Waals surface area contributed by atoms with E-state index in [1.54, 1.807) is 0 Å². The van der Waals surface area contributed by atoms with Gasteiger partial charge < -0.3 is 4.90 Å². The van der Waals surface area contributed by atoms with Gasteiger partial charge in [0.05, 0.1) is 0 Å². The molecule has 0 aromatic carbocycles. The first kappa shape index (κ1) is 17.0. The third-order valence-electron chi connectivity index (χ3n) is 5.21. The van der Waals surface area contributed by atoms with Gasteiger partial charge in [0.25, 0.3) is 0 Å². The molecule has 0 aromatic rings. The van der Waals surface area contributed by atoms with E-state index in [9.17, 15) is 0 Å². The Labute approximate surface area is 141 Å². The third-order valence-corrected chi connectivity index (χ3v) is 6.23. The number of thioether (sulfide) groups is 1. The van der Waals surface area contributed by atoms with Crippen molar-refractivity contribution in [1.82, 2.24) is 19.6 Å². The van der Waals surface area contributed by atoms with Crippen LogP contribution < -0.4 is 0 Å². The maximum atomic E-state index is 3.58. The molecule has 0 saturated carbocycles. The highest BCUT2D eigenvalue weighted by Gasteiger charge is 2.23. The molecule has 126 valence electrons. The Balaban J connectivity index is 1.22. The van der Waals surface area contributed by atoms with Crippen LogP contribution in [0.3, 0.4) is 0 Å². The van der Waals surface area contributed by atoms with Gasteiger partial charge in [-0.2, -0.15) is 0 Å². The van der Waals surface area contributed by atoms with Crippen LogP contribution in [0.15, 0.2) is 0 Å². The molecule has 3 heterocycles. The number of nitrogens with zero attached hydrogens (tertiary/aromatic N) is 4. The van der Waals surface area contributed by atoms with E-state index in [1.807, 2.05) is 0 Å². The molecule has 0 amide bonds. The molecule has 0 aliphatic carbocycles. The lowest BCUT2D eigenvalue weighted by Crippen LogP contribution is -2.30. The quantitative estimate of drug-likeness (QED) is 0.674. The average molecular weight is 325 g/mol. The van der Waals surface area contributed by atoms with Crippen molar-refractivity contribution in [2.45, 2.75) is 38.6 Å². The Kier molecular flexibility index (Phi) is 6.87. The molecular weight excluding hydrogens is 292 g/mol. The first-order valence-corrected chi connectivity index (χ1v) is 10.3. The maximum Gasteiger partial charge on any atom is 0.146 e. The van der Waals surface area contributed by atoms with Crippen LogP contribution in [0.4, 0.5) is 0 Å². The molecule has 4 nitrogen and oxygen atoms in total. The molecule has 3 fully saturated rings. The summed E-state index contributed by atoms with van der Waals surface area (Å²) in [6.07, 6.45) is 5.36. The lowest BCUT2D eigenvalue weighted by atomic mass is 10.2. The molecule has 0 bridgehead atoms. The SMILES string of the molecule is CC1CCCN1CCCN1[C]N(CCCN2CCSC2)CC1. The van der Waals surface area contributed by atoms with Crippen molar-refractivity contribution >= 4 is 11.8 Å². The van der Waals surface area contributed by atoms with Crippen LogP contribution in [0.1, 0.15) is 32.6 Å². The molecule has 3 aliphatic heterocycles. The fourth-order valence-corrected chi connectivity index (χ4v) is 4.80. The van der Waals surface area contributed by atoms with Gasteiger partial charge >= 0.3 is 0 Å². The lowest BCUT2D eigenvalue weighted by Gasteiger charge is -2.22. The van der Waals surface area contributed by atoms with Crippen molar-refractivity contribution in [3.05, 3.63) is 6.67 Å². The summed E-state index contributed by atoms with van der Waals surface area (Å²) in [7, 11) is 0. The third kappa shape index (κ3) is 5.10. The molecule has 22 heavy (non-hydrogen) atoms. The Morgan fingerprint density at radius 2 is 1.73 bits per heavy atom. The Bertz CT molecular complexity index is 322. The first-order valence-electron chi connectivity index (χ1n) is 9.11. The van der Waals surface area contributed by atoms with Gasteiger partial charge in [0.1, 0.15) is 6.67 Å². The Morgan fingerprint density at radius 3 is 2.36 bits per heavy atom. The highest BCUT2D eigenvalue weighted by Crippen LogP contribution is 2.17. The molecule has 3 rings (SSSR count). The van der Waals surface area contributed by atoms with Gasteiger partial charge in [0, 0.05) is 56.9 Å². The minimum Gasteiger partial charge on any atom is -0.301 e. The second-order valence-electron chi connectivity index (χ2n) is 6.96. The van der Waals surface area contributed by atoms with Crippen LogP contribution in [0.2, 0.25) is 0 Å². The van der Waals surface area contributed by atoms with Crippen LogP contribution in [0, 0.1) is 6.67 Å². The molecule has 2 radical (unpaired) electrons. The van der Waals surface area contributed by atoms with Crippen LogP contribution in [-0.2, 0) is 0 Å². The monoisotopic (exact) mass is 324 g/mol. The van der Waals surface area contributed by atoms with Crippen LogP contribution in [0.5, 0.6) is 0 Å². The summed E-state index contributed by atoms with van der Waals surface area (Å²) in [4.78, 5) is 10.0. The van der Waals surface area contributed by atoms with Crippen molar-refractivity contribution in [3.8, 4) is 0 Å². The number of hydrogen-bond donors (Lipinski definition) is 0. The Morgan fingerprint density at radius 1 is 0.955 bits per heavy atom. The van der Waals surface area contributed by atoms with E-state index in [1.165, 1.54) is 89.7 Å². The van der Waals surface area contributed by atoms with Gasteiger partial charge in [-0.25, -0.2) is 0 Å². The summed E-state index contributed by atoms with van der Waals surface area (Å²) in [5, 5.41) is 0. The number of likely N-dealkylation sites (tertiary alicyclic amines) is 1. The van der Waals surface area contributed by atoms with E-state index in [0.29, 0.717) is 0 Å². The number of hydrogen-bond acceptors (Lipinski definition) is 5. The predicted molar refractivity (Wildman–Crippen MR) is 94.8 cm³/mol. The van der Waals surface area contributed by atoms with Gasteiger partial charge in [0.15, 0.2) is 0 Å². The van der Waals surface area contributed by atoms with E-state index in [-0.39, 0.29) is 0 Å². The summed E-state index contributed by atoms with van der Waals surface area (Å²) in [6.45, 7) is 15.8. The van der Waals surface area contributed by atoms with Gasteiger partial charge in [-0.3, -0.25) is 14.7 Å². The smallest absolute Gasteiger partial charge is 0.146 e. The van der Waals surface area contributed by atoms with E-state index < -0.39 is 0 Å². The zero-order valence-corrected chi connectivity index (χ0v) is 15.0. The van der Waals surface area contributed by atoms with Gasteiger partial charge in [-0.05, 0) is 45.7 Å². The highest BCUT2D eigenvalue weighted by atomic mass is 32.2. The molecule has 0 spiro atoms. The van der Waals surface area contributed by atoms with E-state index in [4.69, 9.17) is 0 Å². The molecule has 0 aromatic heterocycles. The molecule has 3 aliphatic rings. The lowest BCUT2D eigenvalue weighted by molar-refractivity contribution is 0.242. The summed E-state index contributed by atoms with van der Waals surface area (Å²) in [5.41, 5.74) is 0. The fraction of sp³-hybridized carbons (Fsp3) is 0.941. The first-order chi connectivity index (χ1) is 10.8. The van der Waals surface area contributed by atoms with Gasteiger partial charge in [-0.15, -0.1) is 11.8 Å². The van der Waals surface area contributed by atoms with E-state index in [0.717, 1.165) is 6.04 Å². The second kappa shape index (κ2) is 8.88. The zero-order chi connectivity index (χ0) is 15.2. The molecular formula is C17H32N4S. The highest BCUT2D eigenvalue weighted by molar-refractivity contribution is 7.99. The van der Waals surface area contributed by atoms with Crippen molar-refractivity contribution in [2.75, 3.05) is 64.0 Å². The fourth-order valence-electron chi connectivity index (χ4n) is 3.77. The molecule has 0 N–H and O–H groups in total. The minimum absolute atomic E-state index is 0.812. The summed E-state index contributed by atoms with van der Waals surface area (Å²) >= 11 is 2.07. The zero-order valence-electron chi connectivity index (χ0n) is 14.2. The minimum atomic E-state index is 0.812. The number of rotatable bonds is 8. The standard InChI is InChI=1S/C17H32N4S/c1-17-5-2-9-21(17)10-4-7-19-12-11-18(15-19)6-3-8-20-13-14-22-16-20/h17H,2-14,16H2,1H3. The summed E-state index contributed by atoms with van der Waals surface area (Å²) in [5.74, 6) is 2.57. The van der Waals surface area contributed by atoms with E-state index >= 15 is 0 Å². The van der Waals surface area contributed by atoms with Crippen molar-refractivity contribution in [3.63, 3.8) is 0 Å². The molecule has 1 unspecified atom stereocenters. The summed E-state index contributed by atoms with van der Waals surface area (Å²) < 4.78 is 0. The predicted octanol–water partition coefficient (Wildman–Crippen LogP) is 1.87. The average Bonchev–Trinajstić information content (AvgIpc) is 3.23. The van der Waals surface area contributed by atoms with E-state index in [2.05, 4.69) is 45.0 Å². The van der Waals surface area contributed by atoms with Crippen LogP contribution in [-0.4, -0.2) is 89.6 Å². The molecule has 3 saturated heterocycles. The van der Waals surface area contributed by atoms with Crippen molar-refractivity contribution in [2.24, 2.45) is 0 Å². The second-order valence-corrected chi connectivity index (χ2v) is 8.04. The normalized spacial score (nSPS) is 29.0. The summed E-state index contributed by atoms with van der Waals surface area (Å²) in [6, 6.07) is 0.812. The van der Waals surface area contributed by atoms with Crippen LogP contribution >= 0.6 is 11.8 Å². The molecule has 5 heteroatoms. The van der Waals surface area contributed by atoms with Crippen molar-refractivity contribution in [1.29, 1.82) is 0 Å². The van der Waals surface area contributed by atoms with Gasteiger partial charge in [0.2, 0.25) is 0 Å². The van der Waals surface area contributed by atoms with Crippen LogP contribution in [0.25, 0.3) is 0 Å². The maximum absolute atomic E-state index is 3.58. The largest absolute Gasteiger partial charge is 0.301 e. The topological polar surface area (TPSA) is 13.0 Å². The van der Waals surface area contributed by atoms with Crippen molar-refractivity contribution < 1.29 is 0 Å². The van der Waals surface area contributed by atoms with Gasteiger partial charge in [-0.1, -0.05) is 0 Å². The molecule has 1 atom stereocenters.